The second-order valence-corrected chi connectivity index (χ2v) is 3.88. The topological polar surface area (TPSA) is 61.5 Å². The van der Waals surface area contributed by atoms with E-state index in [0.29, 0.717) is 22.6 Å². The molecule has 0 spiro atoms. The molecule has 5 heteroatoms. The molecule has 1 atom stereocenters. The molecule has 0 bridgehead atoms. The normalized spacial score (nSPS) is 12.1. The summed E-state index contributed by atoms with van der Waals surface area (Å²) in [5.74, 6) is 0.525. The number of nitrogens with two attached hydrogens (primary N) is 1. The summed E-state index contributed by atoms with van der Waals surface area (Å²) < 4.78 is 23.8. The number of benzene rings is 1. The van der Waals surface area contributed by atoms with Crippen molar-refractivity contribution in [2.24, 2.45) is 5.73 Å². The minimum atomic E-state index is -1.25. The van der Waals surface area contributed by atoms with Gasteiger partial charge in [0, 0.05) is 17.5 Å². The Hall–Kier alpha value is -1.62. The molecule has 1 aromatic carbocycles. The van der Waals surface area contributed by atoms with Crippen LogP contribution in [0.5, 0.6) is 11.5 Å². The van der Waals surface area contributed by atoms with Gasteiger partial charge in [-0.15, -0.1) is 0 Å². The molecule has 0 saturated heterocycles. The van der Waals surface area contributed by atoms with E-state index in [2.05, 4.69) is 0 Å². The van der Waals surface area contributed by atoms with Crippen LogP contribution in [0.15, 0.2) is 12.1 Å². The van der Waals surface area contributed by atoms with E-state index in [9.17, 15) is 9.18 Å². The fourth-order valence-electron chi connectivity index (χ4n) is 1.73. The largest absolute Gasteiger partial charge is 0.493 e. The number of methoxy groups -OCH3 is 2. The third-order valence-electron chi connectivity index (χ3n) is 2.63. The number of alkyl halides is 1. The molecule has 1 aromatic rings. The Morgan fingerprint density at radius 1 is 1.39 bits per heavy atom. The first-order valence-corrected chi connectivity index (χ1v) is 5.68. The van der Waals surface area contributed by atoms with Gasteiger partial charge in [-0.25, -0.2) is 4.39 Å². The SMILES string of the molecule is COc1cc(C(=O)CCN)cc(C(C)F)c1OC. The third-order valence-corrected chi connectivity index (χ3v) is 2.63. The minimum absolute atomic E-state index is 0.139. The zero-order chi connectivity index (χ0) is 13.7. The van der Waals surface area contributed by atoms with E-state index < -0.39 is 6.17 Å². The molecule has 0 heterocycles. The van der Waals surface area contributed by atoms with Gasteiger partial charge in [-0.3, -0.25) is 4.79 Å². The standard InChI is InChI=1S/C13H18FNO3/c1-8(14)10-6-9(11(16)4-5-15)7-12(17-2)13(10)18-3/h6-8H,4-5,15H2,1-3H3. The highest BCUT2D eigenvalue weighted by Crippen LogP contribution is 2.37. The zero-order valence-electron chi connectivity index (χ0n) is 10.8. The van der Waals surface area contributed by atoms with Crippen molar-refractivity contribution < 1.29 is 18.7 Å². The van der Waals surface area contributed by atoms with Crippen LogP contribution in [0, 0.1) is 0 Å². The van der Waals surface area contributed by atoms with Crippen molar-refractivity contribution in [3.05, 3.63) is 23.3 Å². The molecule has 18 heavy (non-hydrogen) atoms. The quantitative estimate of drug-likeness (QED) is 0.792. The molecule has 0 fully saturated rings. The molecule has 1 rings (SSSR count). The highest BCUT2D eigenvalue weighted by molar-refractivity contribution is 5.97. The van der Waals surface area contributed by atoms with Gasteiger partial charge in [-0.05, 0) is 25.6 Å². The molecule has 0 aliphatic carbocycles. The molecule has 0 amide bonds. The van der Waals surface area contributed by atoms with Gasteiger partial charge >= 0.3 is 0 Å². The van der Waals surface area contributed by atoms with Gasteiger partial charge in [0.25, 0.3) is 0 Å². The molecule has 0 saturated carbocycles. The monoisotopic (exact) mass is 255 g/mol. The maximum Gasteiger partial charge on any atom is 0.166 e. The molecule has 0 aliphatic heterocycles. The summed E-state index contributed by atoms with van der Waals surface area (Å²) >= 11 is 0. The van der Waals surface area contributed by atoms with Gasteiger partial charge in [0.2, 0.25) is 0 Å². The first kappa shape index (κ1) is 14.4. The Morgan fingerprint density at radius 2 is 2.06 bits per heavy atom. The van der Waals surface area contributed by atoms with Crippen LogP contribution < -0.4 is 15.2 Å². The summed E-state index contributed by atoms with van der Waals surface area (Å²) in [6.45, 7) is 1.64. The zero-order valence-corrected chi connectivity index (χ0v) is 10.8. The Morgan fingerprint density at radius 3 is 2.50 bits per heavy atom. The van der Waals surface area contributed by atoms with Crippen LogP contribution in [0.1, 0.15) is 35.4 Å². The van der Waals surface area contributed by atoms with E-state index in [0.717, 1.165) is 0 Å². The number of ketones is 1. The third kappa shape index (κ3) is 2.98. The van der Waals surface area contributed by atoms with Gasteiger partial charge in [0.05, 0.1) is 14.2 Å². The van der Waals surface area contributed by atoms with Crippen LogP contribution in [0.4, 0.5) is 4.39 Å². The van der Waals surface area contributed by atoms with E-state index in [1.54, 1.807) is 6.07 Å². The van der Waals surface area contributed by atoms with Gasteiger partial charge in [-0.2, -0.15) is 0 Å². The van der Waals surface area contributed by atoms with Crippen LogP contribution in [0.3, 0.4) is 0 Å². The van der Waals surface area contributed by atoms with Gasteiger partial charge in [0.15, 0.2) is 17.3 Å². The van der Waals surface area contributed by atoms with Crippen molar-refractivity contribution >= 4 is 5.78 Å². The highest BCUT2D eigenvalue weighted by Gasteiger charge is 2.19. The van der Waals surface area contributed by atoms with Crippen LogP contribution in [0.25, 0.3) is 0 Å². The summed E-state index contributed by atoms with van der Waals surface area (Å²) in [5.41, 5.74) is 6.03. The Balaban J connectivity index is 3.31. The predicted molar refractivity (Wildman–Crippen MR) is 67.1 cm³/mol. The number of rotatable bonds is 6. The molecular weight excluding hydrogens is 237 g/mol. The molecule has 2 N–H and O–H groups in total. The fourth-order valence-corrected chi connectivity index (χ4v) is 1.73. The fraction of sp³-hybridized carbons (Fsp3) is 0.462. The average Bonchev–Trinajstić information content (AvgIpc) is 2.37. The maximum absolute atomic E-state index is 13.6. The van der Waals surface area contributed by atoms with Crippen LogP contribution >= 0.6 is 0 Å². The first-order chi connectivity index (χ1) is 8.54. The van der Waals surface area contributed by atoms with Gasteiger partial charge < -0.3 is 15.2 Å². The van der Waals surface area contributed by atoms with Crippen molar-refractivity contribution in [1.29, 1.82) is 0 Å². The van der Waals surface area contributed by atoms with E-state index in [4.69, 9.17) is 15.2 Å². The van der Waals surface area contributed by atoms with Gasteiger partial charge in [0.1, 0.15) is 6.17 Å². The average molecular weight is 255 g/mol. The smallest absolute Gasteiger partial charge is 0.166 e. The molecule has 4 nitrogen and oxygen atoms in total. The number of hydrogen-bond donors (Lipinski definition) is 1. The summed E-state index contributed by atoms with van der Waals surface area (Å²) in [7, 11) is 2.88. The van der Waals surface area contributed by atoms with Crippen molar-refractivity contribution in [2.45, 2.75) is 19.5 Å². The summed E-state index contributed by atoms with van der Waals surface area (Å²) in [4.78, 5) is 11.8. The van der Waals surface area contributed by atoms with Crippen LogP contribution in [-0.2, 0) is 0 Å². The Labute approximate surface area is 106 Å². The van der Waals surface area contributed by atoms with Crippen molar-refractivity contribution in [1.82, 2.24) is 0 Å². The lowest BCUT2D eigenvalue weighted by Crippen LogP contribution is -2.09. The van der Waals surface area contributed by atoms with Crippen molar-refractivity contribution in [3.63, 3.8) is 0 Å². The van der Waals surface area contributed by atoms with Crippen molar-refractivity contribution in [3.8, 4) is 11.5 Å². The van der Waals surface area contributed by atoms with Crippen molar-refractivity contribution in [2.75, 3.05) is 20.8 Å². The lowest BCUT2D eigenvalue weighted by Gasteiger charge is -2.15. The maximum atomic E-state index is 13.6. The first-order valence-electron chi connectivity index (χ1n) is 5.68. The van der Waals surface area contributed by atoms with Crippen LogP contribution in [0.2, 0.25) is 0 Å². The second kappa shape index (κ2) is 6.35. The van der Waals surface area contributed by atoms with E-state index in [1.165, 1.54) is 27.2 Å². The molecule has 0 radical (unpaired) electrons. The Bertz CT molecular complexity index is 432. The lowest BCUT2D eigenvalue weighted by atomic mass is 10.0. The second-order valence-electron chi connectivity index (χ2n) is 3.88. The number of carbonyl (C=O) groups is 1. The van der Waals surface area contributed by atoms with Crippen LogP contribution in [-0.4, -0.2) is 26.5 Å². The van der Waals surface area contributed by atoms with Gasteiger partial charge in [-0.1, -0.05) is 0 Å². The Kier molecular flexibility index (Phi) is 5.09. The molecule has 0 aromatic heterocycles. The molecule has 1 unspecified atom stereocenters. The number of hydrogen-bond acceptors (Lipinski definition) is 4. The molecule has 100 valence electrons. The lowest BCUT2D eigenvalue weighted by molar-refractivity contribution is 0.0985. The minimum Gasteiger partial charge on any atom is -0.493 e. The number of carbonyl (C=O) groups excluding carboxylic acids is 1. The number of Topliss-reactive ketones (excluding diaryl/α,β-unsaturated/α-hetero) is 1. The molecule has 0 aliphatic rings. The molecular formula is C13H18FNO3. The highest BCUT2D eigenvalue weighted by atomic mass is 19.1. The summed E-state index contributed by atoms with van der Waals surface area (Å²) in [5, 5.41) is 0. The number of halogens is 1. The number of ether oxygens (including phenoxy) is 2. The summed E-state index contributed by atoms with van der Waals surface area (Å²) in [6.07, 6.45) is -1.03. The predicted octanol–water partition coefficient (Wildman–Crippen LogP) is 2.27. The van der Waals surface area contributed by atoms with E-state index in [1.807, 2.05) is 0 Å². The summed E-state index contributed by atoms with van der Waals surface area (Å²) in [6, 6.07) is 3.03. The van der Waals surface area contributed by atoms with E-state index in [-0.39, 0.29) is 18.7 Å². The van der Waals surface area contributed by atoms with E-state index >= 15 is 0 Å².